The highest BCUT2D eigenvalue weighted by Crippen LogP contribution is 2.64. The third-order valence-corrected chi connectivity index (χ3v) is 8.70. The summed E-state index contributed by atoms with van der Waals surface area (Å²) < 4.78 is 11.9. The van der Waals surface area contributed by atoms with Crippen molar-refractivity contribution < 1.29 is 24.3 Å². The molecule has 1 spiro atoms. The van der Waals surface area contributed by atoms with E-state index < -0.39 is 11.6 Å². The van der Waals surface area contributed by atoms with Gasteiger partial charge in [-0.15, -0.1) is 0 Å². The third kappa shape index (κ3) is 4.09. The molecule has 0 saturated heterocycles. The van der Waals surface area contributed by atoms with Gasteiger partial charge in [-0.25, -0.2) is 4.79 Å². The van der Waals surface area contributed by atoms with Crippen LogP contribution < -0.4 is 4.74 Å². The van der Waals surface area contributed by atoms with E-state index in [4.69, 9.17) is 32.5 Å². The van der Waals surface area contributed by atoms with Gasteiger partial charge in [-0.1, -0.05) is 46.6 Å². The number of rotatable bonds is 6. The number of carboxylic acids is 1. The highest BCUT2D eigenvalue weighted by molar-refractivity contribution is 6.39. The molecular formula is C28H27Cl2NO5. The topological polar surface area (TPSA) is 92.8 Å². The first-order chi connectivity index (χ1) is 17.3. The normalized spacial score (nSPS) is 27.6. The number of hydrogen-bond acceptors (Lipinski definition) is 5. The molecule has 0 aliphatic heterocycles. The zero-order chi connectivity index (χ0) is 25.1. The second-order valence-corrected chi connectivity index (χ2v) is 11.5. The molecule has 1 aromatic heterocycles. The predicted molar refractivity (Wildman–Crippen MR) is 136 cm³/mol. The van der Waals surface area contributed by atoms with Gasteiger partial charge >= 0.3 is 5.97 Å². The summed E-state index contributed by atoms with van der Waals surface area (Å²) >= 11 is 13.0. The number of benzene rings is 2. The molecule has 2 aromatic carbocycles. The molecule has 3 aliphatic carbocycles. The van der Waals surface area contributed by atoms with Crippen molar-refractivity contribution in [3.8, 4) is 17.0 Å². The molecule has 0 amide bonds. The Morgan fingerprint density at radius 2 is 1.67 bits per heavy atom. The maximum Gasteiger partial charge on any atom is 0.339 e. The molecule has 0 atom stereocenters. The Bertz CT molecular complexity index is 1290. The van der Waals surface area contributed by atoms with E-state index in [1.54, 1.807) is 42.5 Å². The number of aromatic nitrogens is 1. The van der Waals surface area contributed by atoms with Gasteiger partial charge in [0.15, 0.2) is 0 Å². The number of nitrogens with zero attached hydrogens (tertiary/aromatic N) is 1. The molecule has 6 nitrogen and oxygen atoms in total. The Kier molecular flexibility index (Phi) is 5.82. The fourth-order valence-corrected chi connectivity index (χ4v) is 6.81. The van der Waals surface area contributed by atoms with Crippen molar-refractivity contribution in [3.63, 3.8) is 0 Å². The molecule has 3 saturated carbocycles. The molecule has 0 unspecified atom stereocenters. The third-order valence-electron chi connectivity index (χ3n) is 8.07. The van der Waals surface area contributed by atoms with Gasteiger partial charge in [-0.05, 0) is 81.0 Å². The molecule has 2 N–H and O–H groups in total. The number of ether oxygens (including phenoxy) is 1. The lowest BCUT2D eigenvalue weighted by molar-refractivity contribution is -0.156. The molecule has 36 heavy (non-hydrogen) atoms. The molecule has 6 rings (SSSR count). The quantitative estimate of drug-likeness (QED) is 0.351. The van der Waals surface area contributed by atoms with Crippen molar-refractivity contribution in [3.05, 3.63) is 69.4 Å². The van der Waals surface area contributed by atoms with Crippen LogP contribution in [0.3, 0.4) is 0 Å². The number of hydrogen-bond donors (Lipinski definition) is 2. The standard InChI is InChI=1S/C28H27Cl2NO5/c29-19-5-3-6-20(30)22(19)24-23(25(36-31-24)16-8-9-16)28(34)14-27(15-28)12-10-17(11-13-27)35-21-7-2-1-4-18(21)26(32)33/h1-7,16-17,34H,8-15H2,(H,32,33). The predicted octanol–water partition coefficient (Wildman–Crippen LogP) is 7.21. The number of carboxylic acid groups (broad SMARTS) is 1. The van der Waals surface area contributed by atoms with Gasteiger partial charge in [0, 0.05) is 11.5 Å². The number of aliphatic hydroxyl groups is 1. The first kappa shape index (κ1) is 23.8. The number of carbonyl (C=O) groups is 1. The highest BCUT2D eigenvalue weighted by Gasteiger charge is 2.58. The molecule has 188 valence electrons. The molecule has 1 heterocycles. The van der Waals surface area contributed by atoms with Crippen LogP contribution in [0, 0.1) is 5.41 Å². The zero-order valence-electron chi connectivity index (χ0n) is 19.7. The van der Waals surface area contributed by atoms with Gasteiger partial charge in [0.2, 0.25) is 0 Å². The molecular weight excluding hydrogens is 501 g/mol. The number of halogens is 2. The van der Waals surface area contributed by atoms with Gasteiger partial charge in [0.1, 0.15) is 22.8 Å². The van der Waals surface area contributed by atoms with Gasteiger partial charge in [-0.3, -0.25) is 0 Å². The van der Waals surface area contributed by atoms with Crippen LogP contribution in [0.2, 0.25) is 10.0 Å². The van der Waals surface area contributed by atoms with E-state index in [-0.39, 0.29) is 23.0 Å². The average molecular weight is 528 g/mol. The molecule has 3 fully saturated rings. The summed E-state index contributed by atoms with van der Waals surface area (Å²) in [4.78, 5) is 11.5. The molecule has 3 aliphatic rings. The zero-order valence-corrected chi connectivity index (χ0v) is 21.2. The summed E-state index contributed by atoms with van der Waals surface area (Å²) in [5, 5.41) is 26.7. The summed E-state index contributed by atoms with van der Waals surface area (Å²) in [6, 6.07) is 12.1. The highest BCUT2D eigenvalue weighted by atomic mass is 35.5. The Morgan fingerprint density at radius 1 is 1.00 bits per heavy atom. The van der Waals surface area contributed by atoms with E-state index in [2.05, 4.69) is 5.16 Å². The van der Waals surface area contributed by atoms with Crippen molar-refractivity contribution in [1.82, 2.24) is 5.16 Å². The van der Waals surface area contributed by atoms with Crippen molar-refractivity contribution in [2.45, 2.75) is 69.0 Å². The second kappa shape index (κ2) is 8.79. The maximum atomic E-state index is 11.9. The monoisotopic (exact) mass is 527 g/mol. The minimum absolute atomic E-state index is 0.0144. The summed E-state index contributed by atoms with van der Waals surface area (Å²) in [5.74, 6) is 0.467. The minimum Gasteiger partial charge on any atom is -0.490 e. The first-order valence-electron chi connectivity index (χ1n) is 12.4. The van der Waals surface area contributed by atoms with Crippen molar-refractivity contribution in [2.75, 3.05) is 0 Å². The van der Waals surface area contributed by atoms with E-state index in [1.165, 1.54) is 0 Å². The molecule has 0 radical (unpaired) electrons. The van der Waals surface area contributed by atoms with Gasteiger partial charge in [-0.2, -0.15) is 0 Å². The smallest absolute Gasteiger partial charge is 0.339 e. The minimum atomic E-state index is -1.04. The van der Waals surface area contributed by atoms with E-state index in [9.17, 15) is 15.0 Å². The van der Waals surface area contributed by atoms with Crippen LogP contribution in [0.5, 0.6) is 5.75 Å². The van der Waals surface area contributed by atoms with Gasteiger partial charge in [0.25, 0.3) is 0 Å². The lowest BCUT2D eigenvalue weighted by atomic mass is 9.51. The van der Waals surface area contributed by atoms with Crippen LogP contribution in [0.1, 0.15) is 79.0 Å². The second-order valence-electron chi connectivity index (χ2n) is 10.6. The van der Waals surface area contributed by atoms with Gasteiger partial charge in [0.05, 0.1) is 27.3 Å². The van der Waals surface area contributed by atoms with Crippen molar-refractivity contribution in [1.29, 1.82) is 0 Å². The van der Waals surface area contributed by atoms with Crippen LogP contribution >= 0.6 is 23.2 Å². The maximum absolute atomic E-state index is 11.9. The number of para-hydroxylation sites is 1. The number of aromatic carboxylic acids is 1. The van der Waals surface area contributed by atoms with Crippen LogP contribution in [0.15, 0.2) is 47.0 Å². The van der Waals surface area contributed by atoms with Crippen LogP contribution in [0.4, 0.5) is 0 Å². The Balaban J connectivity index is 1.21. The van der Waals surface area contributed by atoms with E-state index in [0.717, 1.165) is 49.8 Å². The summed E-state index contributed by atoms with van der Waals surface area (Å²) in [6.45, 7) is 0. The van der Waals surface area contributed by atoms with E-state index >= 15 is 0 Å². The van der Waals surface area contributed by atoms with E-state index in [0.29, 0.717) is 39.9 Å². The largest absolute Gasteiger partial charge is 0.490 e. The Morgan fingerprint density at radius 3 is 2.31 bits per heavy atom. The summed E-state index contributed by atoms with van der Waals surface area (Å²) in [7, 11) is 0. The van der Waals surface area contributed by atoms with Crippen LogP contribution in [-0.4, -0.2) is 27.4 Å². The molecule has 0 bridgehead atoms. The average Bonchev–Trinajstić information content (AvgIpc) is 3.58. The summed E-state index contributed by atoms with van der Waals surface area (Å²) in [5.41, 5.74) is 1.06. The van der Waals surface area contributed by atoms with Crippen LogP contribution in [-0.2, 0) is 5.60 Å². The Hall–Kier alpha value is -2.54. The Labute approximate surface area is 219 Å². The fourth-order valence-electron chi connectivity index (χ4n) is 6.24. The molecule has 8 heteroatoms. The first-order valence-corrected chi connectivity index (χ1v) is 13.2. The SMILES string of the molecule is O=C(O)c1ccccc1OC1CCC2(CC1)CC(O)(c1c(-c3c(Cl)cccc3Cl)noc1C1CC1)C2. The molecule has 3 aromatic rings. The van der Waals surface area contributed by atoms with Crippen molar-refractivity contribution in [2.24, 2.45) is 5.41 Å². The van der Waals surface area contributed by atoms with Gasteiger partial charge < -0.3 is 19.5 Å². The summed E-state index contributed by atoms with van der Waals surface area (Å²) in [6.07, 6.45) is 6.68. The fraction of sp³-hybridized carbons (Fsp3) is 0.429. The van der Waals surface area contributed by atoms with E-state index in [1.807, 2.05) is 0 Å². The lowest BCUT2D eigenvalue weighted by Gasteiger charge is -2.56. The van der Waals surface area contributed by atoms with Crippen molar-refractivity contribution >= 4 is 29.2 Å². The lowest BCUT2D eigenvalue weighted by Crippen LogP contribution is -2.52. The van der Waals surface area contributed by atoms with Crippen LogP contribution in [0.25, 0.3) is 11.3 Å².